The number of esters is 1. The van der Waals surface area contributed by atoms with Crippen LogP contribution in [-0.4, -0.2) is 25.3 Å². The average molecular weight is 280 g/mol. The monoisotopic (exact) mass is 280 g/mol. The summed E-state index contributed by atoms with van der Waals surface area (Å²) in [5.41, 5.74) is 0.386. The van der Waals surface area contributed by atoms with E-state index >= 15 is 0 Å². The Kier molecular flexibility index (Phi) is 5.12. The van der Waals surface area contributed by atoms with Crippen molar-refractivity contribution in [2.24, 2.45) is 0 Å². The second-order valence-electron chi connectivity index (χ2n) is 5.33. The predicted molar refractivity (Wildman–Crippen MR) is 74.0 cm³/mol. The maximum Gasteiger partial charge on any atom is 0.313 e. The summed E-state index contributed by atoms with van der Waals surface area (Å²) in [5, 5.41) is 0. The molecule has 3 nitrogen and oxygen atoms in total. The Morgan fingerprint density at radius 2 is 2.00 bits per heavy atom. The van der Waals surface area contributed by atoms with Crippen LogP contribution in [0.2, 0.25) is 0 Å². The van der Waals surface area contributed by atoms with Crippen LogP contribution < -0.4 is 0 Å². The summed E-state index contributed by atoms with van der Waals surface area (Å²) in [6.45, 7) is 1.68. The molecule has 1 aliphatic carbocycles. The molecule has 1 aliphatic rings. The van der Waals surface area contributed by atoms with Crippen LogP contribution in [0.3, 0.4) is 0 Å². The Bertz CT molecular complexity index is 461. The van der Waals surface area contributed by atoms with Gasteiger partial charge in [0.05, 0.1) is 12.0 Å². The van der Waals surface area contributed by atoms with Crippen molar-refractivity contribution in [1.29, 1.82) is 0 Å². The van der Waals surface area contributed by atoms with Crippen LogP contribution in [-0.2, 0) is 14.3 Å². The summed E-state index contributed by atoms with van der Waals surface area (Å²) in [5.74, 6) is -1.31. The quantitative estimate of drug-likeness (QED) is 0.793. The molecule has 0 amide bonds. The molecule has 0 aromatic heterocycles. The van der Waals surface area contributed by atoms with Crippen LogP contribution in [0.25, 0.3) is 0 Å². The smallest absolute Gasteiger partial charge is 0.313 e. The third-order valence-corrected chi connectivity index (χ3v) is 3.92. The summed E-state index contributed by atoms with van der Waals surface area (Å²) in [6, 6.07) is 6.33. The molecule has 0 spiro atoms. The Morgan fingerprint density at radius 1 is 1.30 bits per heavy atom. The fourth-order valence-corrected chi connectivity index (χ4v) is 2.64. The van der Waals surface area contributed by atoms with E-state index in [0.29, 0.717) is 5.56 Å². The molecule has 2 rings (SSSR count). The SMILES string of the molecule is COC1CCCC(OC(=O)C(C)c2ccccc2F)C1. The minimum Gasteiger partial charge on any atom is -0.462 e. The van der Waals surface area contributed by atoms with E-state index in [1.165, 1.54) is 6.07 Å². The minimum atomic E-state index is -0.584. The van der Waals surface area contributed by atoms with Gasteiger partial charge in [-0.3, -0.25) is 4.79 Å². The number of hydrogen-bond donors (Lipinski definition) is 0. The van der Waals surface area contributed by atoms with Gasteiger partial charge in [0.25, 0.3) is 0 Å². The van der Waals surface area contributed by atoms with E-state index in [2.05, 4.69) is 0 Å². The van der Waals surface area contributed by atoms with E-state index in [1.807, 2.05) is 0 Å². The Labute approximate surface area is 119 Å². The van der Waals surface area contributed by atoms with Crippen molar-refractivity contribution in [3.05, 3.63) is 35.6 Å². The molecule has 0 N–H and O–H groups in total. The normalized spacial score (nSPS) is 24.1. The van der Waals surface area contributed by atoms with Crippen LogP contribution in [0, 0.1) is 5.82 Å². The van der Waals surface area contributed by atoms with Crippen molar-refractivity contribution < 1.29 is 18.7 Å². The largest absolute Gasteiger partial charge is 0.462 e. The highest BCUT2D eigenvalue weighted by Crippen LogP contribution is 2.26. The van der Waals surface area contributed by atoms with Crippen molar-refractivity contribution in [3.63, 3.8) is 0 Å². The molecule has 4 heteroatoms. The first-order valence-electron chi connectivity index (χ1n) is 7.09. The van der Waals surface area contributed by atoms with E-state index in [-0.39, 0.29) is 24.0 Å². The first-order valence-corrected chi connectivity index (χ1v) is 7.09. The first kappa shape index (κ1) is 15.0. The van der Waals surface area contributed by atoms with Gasteiger partial charge in [0.1, 0.15) is 11.9 Å². The van der Waals surface area contributed by atoms with Crippen molar-refractivity contribution in [3.8, 4) is 0 Å². The molecule has 0 bridgehead atoms. The lowest BCUT2D eigenvalue weighted by Crippen LogP contribution is -2.30. The van der Waals surface area contributed by atoms with Gasteiger partial charge < -0.3 is 9.47 Å². The van der Waals surface area contributed by atoms with Gasteiger partial charge in [-0.2, -0.15) is 0 Å². The Balaban J connectivity index is 1.96. The van der Waals surface area contributed by atoms with E-state index in [4.69, 9.17) is 9.47 Å². The van der Waals surface area contributed by atoms with Gasteiger partial charge in [-0.05, 0) is 32.3 Å². The second kappa shape index (κ2) is 6.84. The number of ether oxygens (including phenoxy) is 2. The highest BCUT2D eigenvalue weighted by atomic mass is 19.1. The summed E-state index contributed by atoms with van der Waals surface area (Å²) in [6.07, 6.45) is 3.63. The molecule has 0 heterocycles. The summed E-state index contributed by atoms with van der Waals surface area (Å²) in [4.78, 5) is 12.1. The first-order chi connectivity index (χ1) is 9.61. The van der Waals surface area contributed by atoms with Gasteiger partial charge in [-0.25, -0.2) is 4.39 Å². The van der Waals surface area contributed by atoms with Gasteiger partial charge in [0.2, 0.25) is 0 Å². The molecule has 0 saturated heterocycles. The summed E-state index contributed by atoms with van der Waals surface area (Å²) >= 11 is 0. The third kappa shape index (κ3) is 3.57. The molecule has 0 radical (unpaired) electrons. The molecule has 3 unspecified atom stereocenters. The summed E-state index contributed by atoms with van der Waals surface area (Å²) in [7, 11) is 1.68. The fourth-order valence-electron chi connectivity index (χ4n) is 2.64. The predicted octanol–water partition coefficient (Wildman–Crippen LogP) is 3.43. The lowest BCUT2D eigenvalue weighted by Gasteiger charge is -2.28. The second-order valence-corrected chi connectivity index (χ2v) is 5.33. The van der Waals surface area contributed by atoms with Crippen molar-refractivity contribution in [1.82, 2.24) is 0 Å². The van der Waals surface area contributed by atoms with Gasteiger partial charge >= 0.3 is 5.97 Å². The van der Waals surface area contributed by atoms with Gasteiger partial charge in [-0.1, -0.05) is 18.2 Å². The minimum absolute atomic E-state index is 0.115. The molecule has 3 atom stereocenters. The average Bonchev–Trinajstić information content (AvgIpc) is 2.47. The van der Waals surface area contributed by atoms with Crippen LogP contribution in [0.1, 0.15) is 44.1 Å². The number of rotatable bonds is 4. The highest BCUT2D eigenvalue weighted by Gasteiger charge is 2.27. The van der Waals surface area contributed by atoms with Crippen molar-refractivity contribution in [2.45, 2.75) is 50.7 Å². The third-order valence-electron chi connectivity index (χ3n) is 3.92. The number of carbonyl (C=O) groups excluding carboxylic acids is 1. The molecule has 1 aromatic rings. The maximum absolute atomic E-state index is 13.7. The number of hydrogen-bond acceptors (Lipinski definition) is 3. The number of halogens is 1. The zero-order valence-electron chi connectivity index (χ0n) is 12.0. The molecular formula is C16H21FO3. The molecule has 1 fully saturated rings. The lowest BCUT2D eigenvalue weighted by molar-refractivity contribution is -0.154. The summed E-state index contributed by atoms with van der Waals surface area (Å²) < 4.78 is 24.5. The Morgan fingerprint density at radius 3 is 2.70 bits per heavy atom. The van der Waals surface area contributed by atoms with Gasteiger partial charge in [-0.15, -0.1) is 0 Å². The molecular weight excluding hydrogens is 259 g/mol. The van der Waals surface area contributed by atoms with Crippen LogP contribution in [0.15, 0.2) is 24.3 Å². The van der Waals surface area contributed by atoms with Crippen molar-refractivity contribution in [2.75, 3.05) is 7.11 Å². The van der Waals surface area contributed by atoms with Crippen molar-refractivity contribution >= 4 is 5.97 Å². The lowest BCUT2D eigenvalue weighted by atomic mass is 9.94. The molecule has 0 aliphatic heterocycles. The zero-order valence-corrected chi connectivity index (χ0v) is 12.0. The molecule has 1 aromatic carbocycles. The number of methoxy groups -OCH3 is 1. The maximum atomic E-state index is 13.7. The van der Waals surface area contributed by atoms with E-state index < -0.39 is 5.92 Å². The van der Waals surface area contributed by atoms with E-state index in [1.54, 1.807) is 32.2 Å². The molecule has 1 saturated carbocycles. The Hall–Kier alpha value is -1.42. The van der Waals surface area contributed by atoms with Gasteiger partial charge in [0, 0.05) is 19.1 Å². The number of carbonyl (C=O) groups is 1. The van der Waals surface area contributed by atoms with Crippen LogP contribution in [0.5, 0.6) is 0 Å². The van der Waals surface area contributed by atoms with E-state index in [9.17, 15) is 9.18 Å². The highest BCUT2D eigenvalue weighted by molar-refractivity contribution is 5.77. The van der Waals surface area contributed by atoms with Crippen LogP contribution >= 0.6 is 0 Å². The molecule has 110 valence electrons. The fraction of sp³-hybridized carbons (Fsp3) is 0.562. The van der Waals surface area contributed by atoms with Crippen LogP contribution in [0.4, 0.5) is 4.39 Å². The van der Waals surface area contributed by atoms with E-state index in [0.717, 1.165) is 25.7 Å². The zero-order chi connectivity index (χ0) is 14.5. The van der Waals surface area contributed by atoms with Gasteiger partial charge in [0.15, 0.2) is 0 Å². The molecule has 20 heavy (non-hydrogen) atoms. The topological polar surface area (TPSA) is 35.5 Å². The number of benzene rings is 1. The standard InChI is InChI=1S/C16H21FO3/c1-11(14-8-3-4-9-15(14)17)16(18)20-13-7-5-6-12(10-13)19-2/h3-4,8-9,11-13H,5-7,10H2,1-2H3.